The topological polar surface area (TPSA) is 87.6 Å². The summed E-state index contributed by atoms with van der Waals surface area (Å²) >= 11 is 0. The summed E-state index contributed by atoms with van der Waals surface area (Å²) in [5, 5.41) is 0.0816. The molecule has 24 heavy (non-hydrogen) atoms. The molecule has 0 saturated heterocycles. The van der Waals surface area contributed by atoms with Gasteiger partial charge in [-0.25, -0.2) is 9.78 Å². The summed E-state index contributed by atoms with van der Waals surface area (Å²) in [6.45, 7) is 2.04. The Morgan fingerprint density at radius 2 is 2.04 bits per heavy atom. The van der Waals surface area contributed by atoms with Gasteiger partial charge >= 0.3 is 5.97 Å². The van der Waals surface area contributed by atoms with Crippen LogP contribution in [0.15, 0.2) is 35.6 Å². The molecule has 128 valence electrons. The van der Waals surface area contributed by atoms with E-state index >= 15 is 0 Å². The van der Waals surface area contributed by atoms with E-state index in [1.165, 1.54) is 12.5 Å². The fraction of sp³-hybridized carbons (Fsp3) is 0.312. The van der Waals surface area contributed by atoms with E-state index in [1.807, 2.05) is 18.2 Å². The zero-order chi connectivity index (χ0) is 17.5. The van der Waals surface area contributed by atoms with Crippen molar-refractivity contribution in [1.29, 1.82) is 0 Å². The Bertz CT molecular complexity index is 751. The number of esters is 1. The Morgan fingerprint density at radius 3 is 2.71 bits per heavy atom. The van der Waals surface area contributed by atoms with Gasteiger partial charge in [-0.3, -0.25) is 4.21 Å². The van der Waals surface area contributed by atoms with Crippen LogP contribution in [0, 0.1) is 0 Å². The number of ether oxygens (including phenoxy) is 3. The number of hydrogen-bond acceptors (Lipinski definition) is 7. The van der Waals surface area contributed by atoms with Gasteiger partial charge in [0.05, 0.1) is 30.7 Å². The first-order chi connectivity index (χ1) is 11.6. The molecule has 0 aliphatic heterocycles. The van der Waals surface area contributed by atoms with Crippen molar-refractivity contribution in [3.05, 3.63) is 41.6 Å². The minimum atomic E-state index is -1.40. The van der Waals surface area contributed by atoms with Crippen molar-refractivity contribution in [2.75, 3.05) is 20.0 Å². The van der Waals surface area contributed by atoms with Crippen LogP contribution in [0.3, 0.4) is 0 Å². The van der Waals surface area contributed by atoms with Crippen molar-refractivity contribution in [1.82, 2.24) is 9.97 Å². The van der Waals surface area contributed by atoms with Crippen LogP contribution in [-0.2, 0) is 22.1 Å². The molecule has 0 amide bonds. The first kappa shape index (κ1) is 17.9. The van der Waals surface area contributed by atoms with Crippen molar-refractivity contribution in [3.63, 3.8) is 0 Å². The lowest BCUT2D eigenvalue weighted by atomic mass is 10.2. The molecule has 0 bridgehead atoms. The molecular formula is C16H18N2O5S. The van der Waals surface area contributed by atoms with E-state index in [2.05, 4.69) is 9.97 Å². The number of aromatic nitrogens is 2. The lowest BCUT2D eigenvalue weighted by Crippen LogP contribution is -2.12. The molecule has 2 aromatic rings. The summed E-state index contributed by atoms with van der Waals surface area (Å²) in [6.07, 6.45) is 2.71. The van der Waals surface area contributed by atoms with Crippen LogP contribution in [0.1, 0.15) is 22.8 Å². The number of carbonyl (C=O) groups is 1. The first-order valence-corrected chi connectivity index (χ1v) is 8.74. The highest BCUT2D eigenvalue weighted by Gasteiger charge is 2.19. The second kappa shape index (κ2) is 8.39. The molecule has 0 radical (unpaired) electrons. The van der Waals surface area contributed by atoms with E-state index < -0.39 is 16.8 Å². The minimum absolute atomic E-state index is 0.0274. The van der Waals surface area contributed by atoms with Gasteiger partial charge in [-0.2, -0.15) is 4.98 Å². The molecule has 0 saturated carbocycles. The molecule has 1 heterocycles. The van der Waals surface area contributed by atoms with Gasteiger partial charge in [0.2, 0.25) is 11.0 Å². The van der Waals surface area contributed by atoms with Gasteiger partial charge in [-0.15, -0.1) is 0 Å². The van der Waals surface area contributed by atoms with E-state index in [4.69, 9.17) is 14.2 Å². The number of para-hydroxylation sites is 1. The Kier molecular flexibility index (Phi) is 6.25. The maximum absolute atomic E-state index is 12.0. The van der Waals surface area contributed by atoms with Crippen LogP contribution < -0.4 is 9.47 Å². The average molecular weight is 350 g/mol. The molecule has 1 atom stereocenters. The summed E-state index contributed by atoms with van der Waals surface area (Å²) in [4.78, 5) is 20.0. The number of carbonyl (C=O) groups excluding carboxylic acids is 1. The smallest absolute Gasteiger partial charge is 0.345 e. The Labute approximate surface area is 142 Å². The maximum Gasteiger partial charge on any atom is 0.345 e. The van der Waals surface area contributed by atoms with Crippen molar-refractivity contribution in [3.8, 4) is 11.6 Å². The number of hydrogen-bond donors (Lipinski definition) is 0. The summed E-state index contributed by atoms with van der Waals surface area (Å²) in [5.74, 6) is 0.0871. The van der Waals surface area contributed by atoms with E-state index in [9.17, 15) is 9.00 Å². The van der Waals surface area contributed by atoms with Crippen molar-refractivity contribution < 1.29 is 23.2 Å². The fourth-order valence-electron chi connectivity index (χ4n) is 1.92. The Balaban J connectivity index is 2.30. The Hall–Kier alpha value is -2.48. The number of rotatable bonds is 7. The fourth-order valence-corrected chi connectivity index (χ4v) is 2.33. The highest BCUT2D eigenvalue weighted by Crippen LogP contribution is 2.22. The second-order valence-corrected chi connectivity index (χ2v) is 5.92. The molecule has 0 fully saturated rings. The summed E-state index contributed by atoms with van der Waals surface area (Å²) in [7, 11) is 0.164. The van der Waals surface area contributed by atoms with Crippen LogP contribution in [-0.4, -0.2) is 40.1 Å². The van der Waals surface area contributed by atoms with E-state index in [0.717, 1.165) is 5.56 Å². The van der Waals surface area contributed by atoms with Crippen LogP contribution >= 0.6 is 0 Å². The molecule has 2 rings (SSSR count). The van der Waals surface area contributed by atoms with E-state index in [-0.39, 0.29) is 29.8 Å². The van der Waals surface area contributed by atoms with E-state index in [0.29, 0.717) is 5.75 Å². The van der Waals surface area contributed by atoms with Crippen LogP contribution in [0.25, 0.3) is 0 Å². The van der Waals surface area contributed by atoms with Gasteiger partial charge in [0.25, 0.3) is 0 Å². The summed E-state index contributed by atoms with van der Waals surface area (Å²) in [5.41, 5.74) is 0.869. The molecule has 1 aromatic heterocycles. The molecule has 0 aliphatic rings. The lowest BCUT2D eigenvalue weighted by molar-refractivity contribution is 0.0519. The number of benzene rings is 1. The van der Waals surface area contributed by atoms with Crippen molar-refractivity contribution in [2.24, 2.45) is 0 Å². The normalized spacial score (nSPS) is 11.6. The predicted molar refractivity (Wildman–Crippen MR) is 87.6 cm³/mol. The predicted octanol–water partition coefficient (Wildman–Crippen LogP) is 1.98. The first-order valence-electron chi connectivity index (χ1n) is 7.19. The minimum Gasteiger partial charge on any atom is -0.496 e. The summed E-state index contributed by atoms with van der Waals surface area (Å²) in [6, 6.07) is 7.33. The van der Waals surface area contributed by atoms with Gasteiger partial charge in [0, 0.05) is 11.8 Å². The molecular weight excluding hydrogens is 332 g/mol. The highest BCUT2D eigenvalue weighted by atomic mass is 32.2. The third-order valence-corrected chi connectivity index (χ3v) is 3.75. The number of methoxy groups -OCH3 is 1. The molecule has 7 nitrogen and oxygen atoms in total. The van der Waals surface area contributed by atoms with Crippen molar-refractivity contribution >= 4 is 16.8 Å². The van der Waals surface area contributed by atoms with Crippen molar-refractivity contribution in [2.45, 2.75) is 18.7 Å². The zero-order valence-electron chi connectivity index (χ0n) is 13.6. The van der Waals surface area contributed by atoms with Crippen LogP contribution in [0.4, 0.5) is 0 Å². The molecule has 1 aromatic carbocycles. The molecule has 8 heteroatoms. The summed E-state index contributed by atoms with van der Waals surface area (Å²) < 4.78 is 27.5. The van der Waals surface area contributed by atoms with Gasteiger partial charge in [-0.05, 0) is 13.0 Å². The highest BCUT2D eigenvalue weighted by molar-refractivity contribution is 7.84. The quantitative estimate of drug-likeness (QED) is 0.557. The third-order valence-electron chi connectivity index (χ3n) is 3.04. The average Bonchev–Trinajstić information content (AvgIpc) is 2.60. The van der Waals surface area contributed by atoms with Gasteiger partial charge < -0.3 is 14.2 Å². The second-order valence-electron chi connectivity index (χ2n) is 4.65. The Morgan fingerprint density at radius 1 is 1.29 bits per heavy atom. The molecule has 0 N–H and O–H groups in total. The third kappa shape index (κ3) is 4.29. The zero-order valence-corrected chi connectivity index (χ0v) is 14.5. The molecule has 0 spiro atoms. The SMILES string of the molecule is CCOC(=O)c1cnc(S(C)=O)nc1OCc1ccccc1OC. The van der Waals surface area contributed by atoms with Crippen LogP contribution in [0.2, 0.25) is 0 Å². The van der Waals surface area contributed by atoms with Gasteiger partial charge in [0.1, 0.15) is 17.9 Å². The number of nitrogens with zero attached hydrogens (tertiary/aromatic N) is 2. The van der Waals surface area contributed by atoms with E-state index in [1.54, 1.807) is 20.1 Å². The largest absolute Gasteiger partial charge is 0.496 e. The molecule has 0 aliphatic carbocycles. The van der Waals surface area contributed by atoms with Gasteiger partial charge in [-0.1, -0.05) is 18.2 Å². The monoisotopic (exact) mass is 350 g/mol. The standard InChI is InChI=1S/C16H18N2O5S/c1-4-22-15(19)12-9-17-16(24(3)20)18-14(12)23-10-11-7-5-6-8-13(11)21-2/h5-9H,4,10H2,1-3H3. The van der Waals surface area contributed by atoms with Gasteiger partial charge in [0.15, 0.2) is 0 Å². The molecule has 1 unspecified atom stereocenters. The lowest BCUT2D eigenvalue weighted by Gasteiger charge is -2.12. The van der Waals surface area contributed by atoms with Crippen LogP contribution in [0.5, 0.6) is 11.6 Å². The maximum atomic E-state index is 12.0.